The van der Waals surface area contributed by atoms with E-state index in [1.165, 1.54) is 11.3 Å². The molecule has 0 aliphatic rings. The smallest absolute Gasteiger partial charge is 0.250 e. The minimum Gasteiger partial charge on any atom is -0.319 e. The fraction of sp³-hybridized carbons (Fsp3) is 0.636. The lowest BCUT2D eigenvalue weighted by Gasteiger charge is -2.10. The zero-order valence-corrected chi connectivity index (χ0v) is 12.1. The number of likely N-dealkylation sites (N-methyl/N-ethyl adjacent to an activating group) is 1. The van der Waals surface area contributed by atoms with E-state index in [0.717, 1.165) is 24.3 Å². The fourth-order valence-corrected chi connectivity index (χ4v) is 3.99. The molecular weight excluding hydrogens is 256 g/mol. The number of hydrogen-bond donors (Lipinski definition) is 2. The highest BCUT2D eigenvalue weighted by Crippen LogP contribution is 2.22. The molecule has 0 fully saturated rings. The lowest BCUT2D eigenvalue weighted by Crippen LogP contribution is -2.31. The zero-order valence-electron chi connectivity index (χ0n) is 10.5. The van der Waals surface area contributed by atoms with Crippen LogP contribution in [0.3, 0.4) is 0 Å². The van der Waals surface area contributed by atoms with E-state index in [-0.39, 0.29) is 6.04 Å². The van der Waals surface area contributed by atoms with Crippen LogP contribution in [0, 0.1) is 0 Å². The van der Waals surface area contributed by atoms with Gasteiger partial charge in [0, 0.05) is 10.9 Å². The normalized spacial score (nSPS) is 13.8. The van der Waals surface area contributed by atoms with Crippen LogP contribution in [0.1, 0.15) is 25.1 Å². The molecule has 0 aromatic carbocycles. The van der Waals surface area contributed by atoms with Crippen molar-refractivity contribution >= 4 is 21.4 Å². The number of thiophene rings is 1. The molecule has 0 spiro atoms. The Morgan fingerprint density at radius 2 is 2.12 bits per heavy atom. The van der Waals surface area contributed by atoms with Gasteiger partial charge in [-0.15, -0.1) is 11.3 Å². The molecule has 0 saturated carbocycles. The van der Waals surface area contributed by atoms with Gasteiger partial charge in [-0.2, -0.15) is 0 Å². The highest BCUT2D eigenvalue weighted by atomic mass is 32.2. The first-order chi connectivity index (χ1) is 7.99. The van der Waals surface area contributed by atoms with Crippen molar-refractivity contribution in [3.8, 4) is 0 Å². The summed E-state index contributed by atoms with van der Waals surface area (Å²) in [4.78, 5) is 1.09. The van der Waals surface area contributed by atoms with E-state index in [0.29, 0.717) is 4.21 Å². The maximum Gasteiger partial charge on any atom is 0.250 e. The van der Waals surface area contributed by atoms with E-state index < -0.39 is 10.0 Å². The molecule has 1 atom stereocenters. The SMILES string of the molecule is CCC(C)NS(=O)(=O)c1ccc(CCNC)s1. The molecule has 1 rings (SSSR count). The van der Waals surface area contributed by atoms with Crippen LogP contribution < -0.4 is 10.0 Å². The Balaban J connectivity index is 2.74. The summed E-state index contributed by atoms with van der Waals surface area (Å²) in [5.41, 5.74) is 0. The second-order valence-corrected chi connectivity index (χ2v) is 7.11. The van der Waals surface area contributed by atoms with Gasteiger partial charge in [0.1, 0.15) is 4.21 Å². The summed E-state index contributed by atoms with van der Waals surface area (Å²) in [5, 5.41) is 3.05. The quantitative estimate of drug-likeness (QED) is 0.795. The maximum absolute atomic E-state index is 12.0. The molecule has 0 radical (unpaired) electrons. The predicted octanol–water partition coefficient (Wildman–Crippen LogP) is 1.59. The van der Waals surface area contributed by atoms with Crippen molar-refractivity contribution in [2.45, 2.75) is 36.9 Å². The molecular formula is C11H20N2O2S2. The van der Waals surface area contributed by atoms with Gasteiger partial charge < -0.3 is 5.32 Å². The molecule has 0 bridgehead atoms. The highest BCUT2D eigenvalue weighted by Gasteiger charge is 2.18. The van der Waals surface area contributed by atoms with Gasteiger partial charge in [-0.25, -0.2) is 13.1 Å². The molecule has 1 aromatic rings. The van der Waals surface area contributed by atoms with E-state index in [9.17, 15) is 8.42 Å². The number of rotatable bonds is 7. The Hall–Kier alpha value is -0.430. The molecule has 1 unspecified atom stereocenters. The van der Waals surface area contributed by atoms with Gasteiger partial charge in [-0.05, 0) is 45.5 Å². The van der Waals surface area contributed by atoms with Crippen LogP contribution in [0.4, 0.5) is 0 Å². The van der Waals surface area contributed by atoms with E-state index in [2.05, 4.69) is 10.0 Å². The zero-order chi connectivity index (χ0) is 12.9. The van der Waals surface area contributed by atoms with Crippen molar-refractivity contribution in [3.05, 3.63) is 17.0 Å². The van der Waals surface area contributed by atoms with Gasteiger partial charge in [-0.1, -0.05) is 6.92 Å². The minimum absolute atomic E-state index is 0.0251. The molecule has 0 aliphatic carbocycles. The van der Waals surface area contributed by atoms with Gasteiger partial charge in [0.2, 0.25) is 10.0 Å². The monoisotopic (exact) mass is 276 g/mol. The number of hydrogen-bond acceptors (Lipinski definition) is 4. The van der Waals surface area contributed by atoms with Crippen molar-refractivity contribution < 1.29 is 8.42 Å². The Labute approximate surface area is 107 Å². The van der Waals surface area contributed by atoms with Crippen molar-refractivity contribution in [1.29, 1.82) is 0 Å². The largest absolute Gasteiger partial charge is 0.319 e. The second kappa shape index (κ2) is 6.49. The van der Waals surface area contributed by atoms with Crippen LogP contribution in [0.15, 0.2) is 16.3 Å². The highest BCUT2D eigenvalue weighted by molar-refractivity contribution is 7.91. The molecule has 2 N–H and O–H groups in total. The van der Waals surface area contributed by atoms with Gasteiger partial charge in [-0.3, -0.25) is 0 Å². The molecule has 6 heteroatoms. The predicted molar refractivity (Wildman–Crippen MR) is 72.0 cm³/mol. The van der Waals surface area contributed by atoms with Gasteiger partial charge in [0.15, 0.2) is 0 Å². The summed E-state index contributed by atoms with van der Waals surface area (Å²) in [7, 11) is -1.44. The number of sulfonamides is 1. The van der Waals surface area contributed by atoms with Crippen LogP contribution in [0.25, 0.3) is 0 Å². The van der Waals surface area contributed by atoms with E-state index in [1.54, 1.807) is 6.07 Å². The van der Waals surface area contributed by atoms with E-state index in [4.69, 9.17) is 0 Å². The summed E-state index contributed by atoms with van der Waals surface area (Å²) >= 11 is 1.34. The van der Waals surface area contributed by atoms with E-state index >= 15 is 0 Å². The minimum atomic E-state index is -3.33. The molecule has 0 saturated heterocycles. The first-order valence-electron chi connectivity index (χ1n) is 5.75. The third kappa shape index (κ3) is 4.39. The molecule has 17 heavy (non-hydrogen) atoms. The van der Waals surface area contributed by atoms with Crippen LogP contribution in [0.5, 0.6) is 0 Å². The maximum atomic E-state index is 12.0. The van der Waals surface area contributed by atoms with Crippen LogP contribution >= 0.6 is 11.3 Å². The first kappa shape index (κ1) is 14.6. The molecule has 0 aliphatic heterocycles. The van der Waals surface area contributed by atoms with Crippen LogP contribution in [0.2, 0.25) is 0 Å². The average molecular weight is 276 g/mol. The standard InChI is InChI=1S/C11H20N2O2S2/c1-4-9(2)13-17(14,15)11-6-5-10(16-11)7-8-12-3/h5-6,9,12-13H,4,7-8H2,1-3H3. The molecule has 4 nitrogen and oxygen atoms in total. The molecule has 1 aromatic heterocycles. The van der Waals surface area contributed by atoms with Crippen LogP contribution in [-0.2, 0) is 16.4 Å². The Bertz CT molecular complexity index is 440. The molecule has 1 heterocycles. The Kier molecular flexibility index (Phi) is 5.58. The van der Waals surface area contributed by atoms with E-state index in [1.807, 2.05) is 27.0 Å². The van der Waals surface area contributed by atoms with Crippen molar-refractivity contribution in [2.75, 3.05) is 13.6 Å². The second-order valence-electron chi connectivity index (χ2n) is 4.00. The topological polar surface area (TPSA) is 58.2 Å². The van der Waals surface area contributed by atoms with Gasteiger partial charge >= 0.3 is 0 Å². The average Bonchev–Trinajstić information content (AvgIpc) is 2.75. The van der Waals surface area contributed by atoms with Crippen LogP contribution in [-0.4, -0.2) is 28.1 Å². The summed E-state index contributed by atoms with van der Waals surface area (Å²) in [5.74, 6) is 0. The van der Waals surface area contributed by atoms with Gasteiger partial charge in [0.25, 0.3) is 0 Å². The Morgan fingerprint density at radius 3 is 2.71 bits per heavy atom. The van der Waals surface area contributed by atoms with Crippen molar-refractivity contribution in [1.82, 2.24) is 10.0 Å². The third-order valence-corrected chi connectivity index (χ3v) is 5.72. The molecule has 98 valence electrons. The lowest BCUT2D eigenvalue weighted by atomic mass is 10.3. The lowest BCUT2D eigenvalue weighted by molar-refractivity contribution is 0.558. The van der Waals surface area contributed by atoms with Gasteiger partial charge in [0.05, 0.1) is 0 Å². The summed E-state index contributed by atoms with van der Waals surface area (Å²) in [6.45, 7) is 4.69. The fourth-order valence-electron chi connectivity index (χ4n) is 1.29. The van der Waals surface area contributed by atoms with Crippen molar-refractivity contribution in [3.63, 3.8) is 0 Å². The molecule has 0 amide bonds. The summed E-state index contributed by atoms with van der Waals surface area (Å²) in [6, 6.07) is 3.54. The number of nitrogens with one attached hydrogen (secondary N) is 2. The van der Waals surface area contributed by atoms with Crippen molar-refractivity contribution in [2.24, 2.45) is 0 Å². The first-order valence-corrected chi connectivity index (χ1v) is 8.05. The Morgan fingerprint density at radius 1 is 1.41 bits per heavy atom. The summed E-state index contributed by atoms with van der Waals surface area (Å²) in [6.07, 6.45) is 1.65. The summed E-state index contributed by atoms with van der Waals surface area (Å²) < 4.78 is 27.0. The third-order valence-electron chi connectivity index (χ3n) is 2.49.